The number of anilines is 1. The van der Waals surface area contributed by atoms with Crippen LogP contribution < -0.4 is 4.90 Å². The summed E-state index contributed by atoms with van der Waals surface area (Å²) in [5.74, 6) is 0.255. The number of carbonyl (C=O) groups excluding carboxylic acids is 1. The van der Waals surface area contributed by atoms with E-state index in [1.54, 1.807) is 35.2 Å². The van der Waals surface area contributed by atoms with Gasteiger partial charge in [-0.2, -0.15) is 5.26 Å². The highest BCUT2D eigenvalue weighted by molar-refractivity contribution is 5.92. The molecule has 3 aromatic rings. The van der Waals surface area contributed by atoms with Gasteiger partial charge in [0.2, 0.25) is 0 Å². The molecule has 2 aromatic carbocycles. The summed E-state index contributed by atoms with van der Waals surface area (Å²) in [6.07, 6.45) is 4.11. The second-order valence-corrected chi connectivity index (χ2v) is 7.71. The zero-order valence-electron chi connectivity index (χ0n) is 15.7. The Hall–Kier alpha value is -3.40. The topological polar surface area (TPSA) is 82.0 Å². The second-order valence-electron chi connectivity index (χ2n) is 7.71. The third kappa shape index (κ3) is 2.83. The van der Waals surface area contributed by atoms with Gasteiger partial charge in [0.15, 0.2) is 0 Å². The maximum atomic E-state index is 13.5. The van der Waals surface area contributed by atoms with Crippen LogP contribution in [0.5, 0.6) is 0 Å². The Morgan fingerprint density at radius 1 is 1.17 bits per heavy atom. The standard InChI is InChI=1S/C22H19FN4O2/c23-15-5-7-16(8-6-15)27-19(22(29-21(27)28)10-2-1-3-11-22)20-25-17-9-4-14(13-24)12-18(17)26-20/h4-9,12,19H,1-3,10-11H2,(H,25,26)/t19-/m1/s1. The summed E-state index contributed by atoms with van der Waals surface area (Å²) in [7, 11) is 0. The molecule has 2 heterocycles. The summed E-state index contributed by atoms with van der Waals surface area (Å²) in [5, 5.41) is 9.17. The molecule has 29 heavy (non-hydrogen) atoms. The molecule has 1 N–H and O–H groups in total. The van der Waals surface area contributed by atoms with Crippen LogP contribution in [0.3, 0.4) is 0 Å². The van der Waals surface area contributed by atoms with Crippen LogP contribution in [0, 0.1) is 17.1 Å². The van der Waals surface area contributed by atoms with Gasteiger partial charge in [0.05, 0.1) is 22.7 Å². The Balaban J connectivity index is 1.66. The quantitative estimate of drug-likeness (QED) is 0.669. The number of nitriles is 1. The fourth-order valence-electron chi connectivity index (χ4n) is 4.60. The van der Waals surface area contributed by atoms with E-state index in [1.165, 1.54) is 12.1 Å². The van der Waals surface area contributed by atoms with Crippen molar-refractivity contribution in [2.75, 3.05) is 4.90 Å². The van der Waals surface area contributed by atoms with Crippen molar-refractivity contribution in [1.82, 2.24) is 9.97 Å². The summed E-state index contributed by atoms with van der Waals surface area (Å²) in [6.45, 7) is 0. The number of benzene rings is 2. The number of ether oxygens (including phenoxy) is 1. The molecule has 5 rings (SSSR count). The van der Waals surface area contributed by atoms with Crippen molar-refractivity contribution < 1.29 is 13.9 Å². The zero-order valence-corrected chi connectivity index (χ0v) is 15.7. The summed E-state index contributed by atoms with van der Waals surface area (Å²) >= 11 is 0. The number of amides is 1. The van der Waals surface area contributed by atoms with Crippen LogP contribution >= 0.6 is 0 Å². The van der Waals surface area contributed by atoms with E-state index in [1.807, 2.05) is 0 Å². The van der Waals surface area contributed by atoms with Crippen LogP contribution in [0.25, 0.3) is 11.0 Å². The first-order chi connectivity index (χ1) is 14.1. The van der Waals surface area contributed by atoms with Crippen LogP contribution in [-0.4, -0.2) is 21.7 Å². The first kappa shape index (κ1) is 17.7. The van der Waals surface area contributed by atoms with E-state index in [0.717, 1.165) is 43.1 Å². The van der Waals surface area contributed by atoms with Crippen molar-refractivity contribution in [3.05, 3.63) is 59.7 Å². The number of halogens is 1. The van der Waals surface area contributed by atoms with Gasteiger partial charge in [-0.3, -0.25) is 4.90 Å². The molecule has 1 amide bonds. The number of aromatic amines is 1. The molecule has 0 unspecified atom stereocenters. The van der Waals surface area contributed by atoms with E-state index < -0.39 is 17.7 Å². The number of fused-ring (bicyclic) bond motifs is 1. The maximum Gasteiger partial charge on any atom is 0.415 e. The largest absolute Gasteiger partial charge is 0.440 e. The smallest absolute Gasteiger partial charge is 0.415 e. The minimum Gasteiger partial charge on any atom is -0.440 e. The molecule has 1 atom stereocenters. The van der Waals surface area contributed by atoms with Crippen LogP contribution in [0.4, 0.5) is 14.9 Å². The zero-order chi connectivity index (χ0) is 20.0. The second kappa shape index (κ2) is 6.59. The molecule has 1 spiro atoms. The number of hydrogen-bond donors (Lipinski definition) is 1. The van der Waals surface area contributed by atoms with E-state index >= 15 is 0 Å². The number of imidazole rings is 1. The Kier molecular flexibility index (Phi) is 4.02. The molecule has 1 saturated carbocycles. The number of hydrogen-bond acceptors (Lipinski definition) is 4. The molecule has 1 aliphatic heterocycles. The number of nitrogens with one attached hydrogen (secondary N) is 1. The van der Waals surface area contributed by atoms with Crippen molar-refractivity contribution in [3.63, 3.8) is 0 Å². The number of nitrogens with zero attached hydrogens (tertiary/aromatic N) is 3. The van der Waals surface area contributed by atoms with Gasteiger partial charge in [-0.25, -0.2) is 14.2 Å². The summed E-state index contributed by atoms with van der Waals surface area (Å²) in [4.78, 5) is 22.6. The molecule has 1 saturated heterocycles. The first-order valence-corrected chi connectivity index (χ1v) is 9.77. The normalized spacial score (nSPS) is 20.8. The van der Waals surface area contributed by atoms with E-state index in [2.05, 4.69) is 11.1 Å². The minimum absolute atomic E-state index is 0.363. The first-order valence-electron chi connectivity index (χ1n) is 9.77. The van der Waals surface area contributed by atoms with Gasteiger partial charge in [0.1, 0.15) is 23.3 Å². The van der Waals surface area contributed by atoms with Crippen LogP contribution in [0.15, 0.2) is 42.5 Å². The van der Waals surface area contributed by atoms with Gasteiger partial charge in [-0.05, 0) is 68.1 Å². The van der Waals surface area contributed by atoms with Crippen molar-refractivity contribution in [3.8, 4) is 6.07 Å². The van der Waals surface area contributed by atoms with Gasteiger partial charge < -0.3 is 9.72 Å². The minimum atomic E-state index is -0.671. The molecule has 146 valence electrons. The highest BCUT2D eigenvalue weighted by atomic mass is 19.1. The van der Waals surface area contributed by atoms with Gasteiger partial charge in [0, 0.05) is 5.69 Å². The fourth-order valence-corrected chi connectivity index (χ4v) is 4.60. The number of aromatic nitrogens is 2. The molecule has 0 radical (unpaired) electrons. The lowest BCUT2D eigenvalue weighted by atomic mass is 9.79. The lowest BCUT2D eigenvalue weighted by Crippen LogP contribution is -2.40. The van der Waals surface area contributed by atoms with Gasteiger partial charge in [-0.15, -0.1) is 0 Å². The fraction of sp³-hybridized carbons (Fsp3) is 0.318. The molecule has 1 aromatic heterocycles. The molecule has 6 nitrogen and oxygen atoms in total. The molecule has 1 aliphatic carbocycles. The Morgan fingerprint density at radius 3 is 2.66 bits per heavy atom. The summed E-state index contributed by atoms with van der Waals surface area (Å²) < 4.78 is 19.4. The lowest BCUT2D eigenvalue weighted by Gasteiger charge is -2.36. The molecule has 2 aliphatic rings. The Labute approximate surface area is 166 Å². The monoisotopic (exact) mass is 390 g/mol. The van der Waals surface area contributed by atoms with Crippen molar-refractivity contribution in [1.29, 1.82) is 5.26 Å². The summed E-state index contributed by atoms with van der Waals surface area (Å²) in [6, 6.07) is 12.8. The van der Waals surface area contributed by atoms with Crippen LogP contribution in [0.1, 0.15) is 49.5 Å². The van der Waals surface area contributed by atoms with E-state index in [0.29, 0.717) is 17.1 Å². The predicted molar refractivity (Wildman–Crippen MR) is 105 cm³/mol. The highest BCUT2D eigenvalue weighted by Gasteiger charge is 2.56. The highest BCUT2D eigenvalue weighted by Crippen LogP contribution is 2.50. The van der Waals surface area contributed by atoms with Crippen molar-refractivity contribution in [2.45, 2.75) is 43.7 Å². The Bertz CT molecular complexity index is 1130. The molecular formula is C22H19FN4O2. The third-order valence-corrected chi connectivity index (χ3v) is 5.94. The maximum absolute atomic E-state index is 13.5. The van der Waals surface area contributed by atoms with Gasteiger partial charge in [0.25, 0.3) is 0 Å². The van der Waals surface area contributed by atoms with E-state index in [-0.39, 0.29) is 5.82 Å². The van der Waals surface area contributed by atoms with E-state index in [9.17, 15) is 14.4 Å². The summed E-state index contributed by atoms with van der Waals surface area (Å²) in [5.41, 5.74) is 1.90. The average Bonchev–Trinajstić information content (AvgIpc) is 3.26. The van der Waals surface area contributed by atoms with Crippen molar-refractivity contribution in [2.24, 2.45) is 0 Å². The predicted octanol–water partition coefficient (Wildman–Crippen LogP) is 4.97. The molecular weight excluding hydrogens is 371 g/mol. The molecule has 2 fully saturated rings. The molecule has 7 heteroatoms. The lowest BCUT2D eigenvalue weighted by molar-refractivity contribution is 0.00313. The van der Waals surface area contributed by atoms with Crippen LogP contribution in [0.2, 0.25) is 0 Å². The van der Waals surface area contributed by atoms with Gasteiger partial charge >= 0.3 is 6.09 Å². The number of carbonyl (C=O) groups is 1. The van der Waals surface area contributed by atoms with E-state index in [4.69, 9.17) is 9.72 Å². The van der Waals surface area contributed by atoms with Crippen molar-refractivity contribution >= 4 is 22.8 Å². The number of rotatable bonds is 2. The third-order valence-electron chi connectivity index (χ3n) is 5.94. The number of H-pyrrole nitrogens is 1. The van der Waals surface area contributed by atoms with Gasteiger partial charge in [-0.1, -0.05) is 6.42 Å². The average molecular weight is 390 g/mol. The van der Waals surface area contributed by atoms with Crippen LogP contribution in [-0.2, 0) is 4.74 Å². The SMILES string of the molecule is N#Cc1ccc2nc([C@H]3N(c4ccc(F)cc4)C(=O)OC34CCCCC4)[nH]c2c1. The molecule has 0 bridgehead atoms. The Morgan fingerprint density at radius 2 is 1.93 bits per heavy atom.